The quantitative estimate of drug-likeness (QED) is 0.738. The van der Waals surface area contributed by atoms with Crippen LogP contribution in [0.4, 0.5) is 0 Å². The Morgan fingerprint density at radius 1 is 1.21 bits per heavy atom. The second-order valence-corrected chi connectivity index (χ2v) is 6.24. The lowest BCUT2D eigenvalue weighted by molar-refractivity contribution is -0.123. The van der Waals surface area contributed by atoms with E-state index in [4.69, 9.17) is 0 Å². The fraction of sp³-hybridized carbons (Fsp3) is 0.300. The summed E-state index contributed by atoms with van der Waals surface area (Å²) < 4.78 is 0. The molecular weight excluding hydrogens is 298 g/mol. The molecule has 0 saturated heterocycles. The number of aromatic amines is 1. The lowest BCUT2D eigenvalue weighted by Gasteiger charge is -2.18. The van der Waals surface area contributed by atoms with E-state index in [0.29, 0.717) is 0 Å². The number of nitrogens with zero attached hydrogens (tertiary/aromatic N) is 1. The lowest BCUT2D eigenvalue weighted by atomic mass is 9.95. The summed E-state index contributed by atoms with van der Waals surface area (Å²) >= 11 is 0. The third-order valence-corrected chi connectivity index (χ3v) is 4.35. The molecule has 3 rings (SSSR count). The van der Waals surface area contributed by atoms with Crippen LogP contribution in [0, 0.1) is 6.92 Å². The van der Waals surface area contributed by atoms with Gasteiger partial charge in [-0.15, -0.1) is 0 Å². The first-order chi connectivity index (χ1) is 11.6. The van der Waals surface area contributed by atoms with Gasteiger partial charge in [-0.3, -0.25) is 4.79 Å². The second-order valence-electron chi connectivity index (χ2n) is 6.24. The number of amides is 1. The second kappa shape index (κ2) is 6.87. The number of rotatable bonds is 5. The van der Waals surface area contributed by atoms with Crippen LogP contribution in [-0.4, -0.2) is 15.9 Å². The first kappa shape index (κ1) is 16.2. The third-order valence-electron chi connectivity index (χ3n) is 4.35. The number of nitrogens with one attached hydrogen (secondary N) is 2. The standard InChI is InChI=1S/C20H23N3O/c1-4-16(15-8-6-5-7-9-15)20(24)21-14(3)19-22-17-11-10-13(2)12-18(17)23-19/h5-12,14,16H,4H2,1-3H3,(H,21,24)(H,22,23). The van der Waals surface area contributed by atoms with E-state index in [9.17, 15) is 4.79 Å². The van der Waals surface area contributed by atoms with Gasteiger partial charge in [0.05, 0.1) is 23.0 Å². The molecule has 0 bridgehead atoms. The smallest absolute Gasteiger partial charge is 0.228 e. The molecular formula is C20H23N3O. The van der Waals surface area contributed by atoms with Gasteiger partial charge in [-0.05, 0) is 43.5 Å². The molecule has 0 fully saturated rings. The van der Waals surface area contributed by atoms with E-state index >= 15 is 0 Å². The van der Waals surface area contributed by atoms with Gasteiger partial charge in [0.15, 0.2) is 0 Å². The minimum atomic E-state index is -0.164. The van der Waals surface area contributed by atoms with Crippen LogP contribution in [0.2, 0.25) is 0 Å². The molecule has 2 aromatic carbocycles. The molecule has 124 valence electrons. The molecule has 4 nitrogen and oxygen atoms in total. The van der Waals surface area contributed by atoms with E-state index in [2.05, 4.69) is 28.3 Å². The van der Waals surface area contributed by atoms with Gasteiger partial charge in [0.1, 0.15) is 5.82 Å². The Hall–Kier alpha value is -2.62. The van der Waals surface area contributed by atoms with Gasteiger partial charge >= 0.3 is 0 Å². The van der Waals surface area contributed by atoms with Crippen molar-refractivity contribution in [3.05, 3.63) is 65.5 Å². The highest BCUT2D eigenvalue weighted by molar-refractivity contribution is 5.84. The zero-order chi connectivity index (χ0) is 17.1. The molecule has 24 heavy (non-hydrogen) atoms. The van der Waals surface area contributed by atoms with Gasteiger partial charge in [-0.2, -0.15) is 0 Å². The number of benzene rings is 2. The Kier molecular flexibility index (Phi) is 4.65. The van der Waals surface area contributed by atoms with Crippen LogP contribution in [0.3, 0.4) is 0 Å². The number of hydrogen-bond acceptors (Lipinski definition) is 2. The zero-order valence-electron chi connectivity index (χ0n) is 14.3. The Labute approximate surface area is 142 Å². The average Bonchev–Trinajstić information content (AvgIpc) is 2.99. The van der Waals surface area contributed by atoms with Gasteiger partial charge in [0, 0.05) is 0 Å². The van der Waals surface area contributed by atoms with Crippen LogP contribution < -0.4 is 5.32 Å². The topological polar surface area (TPSA) is 57.8 Å². The Morgan fingerprint density at radius 3 is 2.67 bits per heavy atom. The predicted molar refractivity (Wildman–Crippen MR) is 96.9 cm³/mol. The van der Waals surface area contributed by atoms with Crippen LogP contribution in [0.5, 0.6) is 0 Å². The van der Waals surface area contributed by atoms with E-state index in [0.717, 1.165) is 28.8 Å². The molecule has 0 aliphatic carbocycles. The van der Waals surface area contributed by atoms with Crippen LogP contribution in [0.25, 0.3) is 11.0 Å². The molecule has 1 aromatic heterocycles. The van der Waals surface area contributed by atoms with Crippen molar-refractivity contribution < 1.29 is 4.79 Å². The Balaban J connectivity index is 1.77. The maximum atomic E-state index is 12.7. The van der Waals surface area contributed by atoms with Crippen molar-refractivity contribution in [2.75, 3.05) is 0 Å². The van der Waals surface area contributed by atoms with Gasteiger partial charge < -0.3 is 10.3 Å². The van der Waals surface area contributed by atoms with Crippen molar-refractivity contribution in [2.45, 2.75) is 39.2 Å². The number of fused-ring (bicyclic) bond motifs is 1. The van der Waals surface area contributed by atoms with Crippen LogP contribution in [0.15, 0.2) is 48.5 Å². The van der Waals surface area contributed by atoms with Crippen LogP contribution in [-0.2, 0) is 4.79 Å². The molecule has 2 N–H and O–H groups in total. The van der Waals surface area contributed by atoms with E-state index in [1.807, 2.05) is 56.3 Å². The normalized spacial score (nSPS) is 13.6. The molecule has 0 aliphatic heterocycles. The molecule has 1 amide bonds. The van der Waals surface area contributed by atoms with E-state index in [1.54, 1.807) is 0 Å². The molecule has 0 saturated carbocycles. The number of carbonyl (C=O) groups excluding carboxylic acids is 1. The van der Waals surface area contributed by atoms with E-state index < -0.39 is 0 Å². The van der Waals surface area contributed by atoms with Crippen molar-refractivity contribution in [2.24, 2.45) is 0 Å². The molecule has 2 unspecified atom stereocenters. The van der Waals surface area contributed by atoms with E-state index in [1.165, 1.54) is 5.56 Å². The minimum Gasteiger partial charge on any atom is -0.346 e. The Bertz CT molecular complexity index is 838. The van der Waals surface area contributed by atoms with E-state index in [-0.39, 0.29) is 17.9 Å². The highest BCUT2D eigenvalue weighted by atomic mass is 16.1. The Morgan fingerprint density at radius 2 is 1.96 bits per heavy atom. The first-order valence-electron chi connectivity index (χ1n) is 8.40. The maximum Gasteiger partial charge on any atom is 0.228 e. The average molecular weight is 321 g/mol. The fourth-order valence-electron chi connectivity index (χ4n) is 2.99. The number of H-pyrrole nitrogens is 1. The summed E-state index contributed by atoms with van der Waals surface area (Å²) in [5.41, 5.74) is 4.16. The summed E-state index contributed by atoms with van der Waals surface area (Å²) in [6.45, 7) is 6.04. The molecule has 4 heteroatoms. The maximum absolute atomic E-state index is 12.7. The van der Waals surface area contributed by atoms with Crippen molar-refractivity contribution in [1.82, 2.24) is 15.3 Å². The fourth-order valence-corrected chi connectivity index (χ4v) is 2.99. The van der Waals surface area contributed by atoms with Crippen molar-refractivity contribution in [3.63, 3.8) is 0 Å². The van der Waals surface area contributed by atoms with Gasteiger partial charge in [-0.1, -0.05) is 43.3 Å². The molecule has 0 radical (unpaired) electrons. The monoisotopic (exact) mass is 321 g/mol. The highest BCUT2D eigenvalue weighted by Crippen LogP contribution is 2.22. The first-order valence-corrected chi connectivity index (χ1v) is 8.40. The number of aryl methyl sites for hydroxylation is 1. The van der Waals surface area contributed by atoms with Gasteiger partial charge in [0.25, 0.3) is 0 Å². The summed E-state index contributed by atoms with van der Waals surface area (Å²) in [7, 11) is 0. The summed E-state index contributed by atoms with van der Waals surface area (Å²) in [6, 6.07) is 15.9. The molecule has 0 spiro atoms. The summed E-state index contributed by atoms with van der Waals surface area (Å²) in [5, 5.41) is 3.09. The largest absolute Gasteiger partial charge is 0.346 e. The number of hydrogen-bond donors (Lipinski definition) is 2. The SMILES string of the molecule is CCC(C(=O)NC(C)c1nc2ccc(C)cc2[nH]1)c1ccccc1. The number of imidazole rings is 1. The molecule has 3 aromatic rings. The molecule has 2 atom stereocenters. The number of aromatic nitrogens is 2. The lowest BCUT2D eigenvalue weighted by Crippen LogP contribution is -2.32. The molecule has 0 aliphatic rings. The highest BCUT2D eigenvalue weighted by Gasteiger charge is 2.21. The summed E-state index contributed by atoms with van der Waals surface area (Å²) in [5.74, 6) is 0.681. The zero-order valence-corrected chi connectivity index (χ0v) is 14.3. The van der Waals surface area contributed by atoms with Crippen molar-refractivity contribution in [3.8, 4) is 0 Å². The van der Waals surface area contributed by atoms with Crippen molar-refractivity contribution in [1.29, 1.82) is 0 Å². The van der Waals surface area contributed by atoms with Gasteiger partial charge in [0.2, 0.25) is 5.91 Å². The van der Waals surface area contributed by atoms with Crippen molar-refractivity contribution >= 4 is 16.9 Å². The summed E-state index contributed by atoms with van der Waals surface area (Å²) in [6.07, 6.45) is 0.766. The minimum absolute atomic E-state index is 0.0350. The van der Waals surface area contributed by atoms with Crippen LogP contribution in [0.1, 0.15) is 49.2 Å². The van der Waals surface area contributed by atoms with Crippen LogP contribution >= 0.6 is 0 Å². The third kappa shape index (κ3) is 3.32. The number of carbonyl (C=O) groups is 1. The molecule has 1 heterocycles. The summed E-state index contributed by atoms with van der Waals surface area (Å²) in [4.78, 5) is 20.6. The predicted octanol–water partition coefficient (Wildman–Crippen LogP) is 4.24. The van der Waals surface area contributed by atoms with Gasteiger partial charge in [-0.25, -0.2) is 4.98 Å².